The van der Waals surface area contributed by atoms with Crippen molar-refractivity contribution in [3.63, 3.8) is 0 Å². The molecule has 2 aliphatic rings. The van der Waals surface area contributed by atoms with Crippen molar-refractivity contribution in [2.45, 2.75) is 12.6 Å². The van der Waals surface area contributed by atoms with Gasteiger partial charge in [0, 0.05) is 32.4 Å². The van der Waals surface area contributed by atoms with Gasteiger partial charge in [0.05, 0.1) is 5.52 Å². The van der Waals surface area contributed by atoms with Gasteiger partial charge in [-0.05, 0) is 41.8 Å². The smallest absolute Gasteiger partial charge is 0.267 e. The Bertz CT molecular complexity index is 1140. The molecule has 1 unspecified atom stereocenters. The van der Waals surface area contributed by atoms with Gasteiger partial charge in [-0.2, -0.15) is 0 Å². The van der Waals surface area contributed by atoms with Crippen molar-refractivity contribution in [1.29, 1.82) is 0 Å². The number of benzene rings is 2. The van der Waals surface area contributed by atoms with E-state index in [-0.39, 0.29) is 30.8 Å². The Labute approximate surface area is 178 Å². The first kappa shape index (κ1) is 19.4. The van der Waals surface area contributed by atoms with Gasteiger partial charge in [0.1, 0.15) is 19.0 Å². The summed E-state index contributed by atoms with van der Waals surface area (Å²) in [5, 5.41) is 0.890. The minimum absolute atomic E-state index is 0.0555. The third-order valence-corrected chi connectivity index (χ3v) is 5.77. The summed E-state index contributed by atoms with van der Waals surface area (Å²) in [4.78, 5) is 29.1. The summed E-state index contributed by atoms with van der Waals surface area (Å²) < 4.78 is 26.8. The molecule has 0 saturated carbocycles. The second-order valence-electron chi connectivity index (χ2n) is 7.72. The summed E-state index contributed by atoms with van der Waals surface area (Å²) in [6, 6.07) is 13.7. The number of amides is 2. The monoisotopic (exact) mass is 423 g/mol. The molecule has 2 aromatic carbocycles. The number of para-hydroxylation sites is 2. The van der Waals surface area contributed by atoms with Crippen LogP contribution in [0.2, 0.25) is 0 Å². The van der Waals surface area contributed by atoms with Gasteiger partial charge >= 0.3 is 0 Å². The maximum Gasteiger partial charge on any atom is 0.267 e. The number of hydrogen-bond acceptors (Lipinski definition) is 4. The van der Waals surface area contributed by atoms with E-state index in [9.17, 15) is 14.0 Å². The number of hydrogen-bond donors (Lipinski definition) is 0. The zero-order chi connectivity index (χ0) is 21.4. The van der Waals surface area contributed by atoms with E-state index in [2.05, 4.69) is 0 Å². The lowest BCUT2D eigenvalue weighted by Crippen LogP contribution is -2.55. The van der Waals surface area contributed by atoms with Crippen LogP contribution >= 0.6 is 0 Å². The highest BCUT2D eigenvalue weighted by Crippen LogP contribution is 2.31. The standard InChI is InChI=1S/C23H22FN3O4/c24-17-6-5-16-7-8-27(18(16)13-17)14-22(28)25-9-11-26(12-10-25)23(29)21-15-30-19-3-1-2-4-20(19)31-21/h1-8,13,21H,9-12,14-15H2. The van der Waals surface area contributed by atoms with E-state index >= 15 is 0 Å². The van der Waals surface area contributed by atoms with E-state index in [1.165, 1.54) is 12.1 Å². The lowest BCUT2D eigenvalue weighted by molar-refractivity contribution is -0.146. The van der Waals surface area contributed by atoms with Crippen LogP contribution in [0.3, 0.4) is 0 Å². The fourth-order valence-electron chi connectivity index (χ4n) is 4.06. The fourth-order valence-corrected chi connectivity index (χ4v) is 4.06. The van der Waals surface area contributed by atoms with Crippen LogP contribution in [0.5, 0.6) is 11.5 Å². The number of carbonyl (C=O) groups is 2. The Kier molecular flexibility index (Phi) is 4.97. The molecule has 2 aliphatic heterocycles. The third kappa shape index (κ3) is 3.81. The molecule has 1 aromatic heterocycles. The van der Waals surface area contributed by atoms with Crippen LogP contribution < -0.4 is 9.47 Å². The SMILES string of the molecule is O=C(Cn1ccc2ccc(F)cc21)N1CCN(C(=O)C2COc3ccccc3O2)CC1. The lowest BCUT2D eigenvalue weighted by Gasteiger charge is -2.37. The van der Waals surface area contributed by atoms with Crippen LogP contribution in [0, 0.1) is 5.82 Å². The van der Waals surface area contributed by atoms with Crippen molar-refractivity contribution in [3.05, 3.63) is 60.5 Å². The highest BCUT2D eigenvalue weighted by Gasteiger charge is 2.33. The lowest BCUT2D eigenvalue weighted by atomic mass is 10.2. The largest absolute Gasteiger partial charge is 0.485 e. The maximum atomic E-state index is 13.6. The quantitative estimate of drug-likeness (QED) is 0.649. The Balaban J connectivity index is 1.18. The minimum Gasteiger partial charge on any atom is -0.485 e. The maximum absolute atomic E-state index is 13.6. The number of ether oxygens (including phenoxy) is 2. The second-order valence-corrected chi connectivity index (χ2v) is 7.72. The summed E-state index contributed by atoms with van der Waals surface area (Å²) in [6.45, 7) is 2.08. The van der Waals surface area contributed by atoms with Gasteiger partial charge in [0.2, 0.25) is 12.0 Å². The summed E-state index contributed by atoms with van der Waals surface area (Å²) >= 11 is 0. The van der Waals surface area contributed by atoms with E-state index in [0.29, 0.717) is 43.2 Å². The average molecular weight is 423 g/mol. The molecule has 7 nitrogen and oxygen atoms in total. The third-order valence-electron chi connectivity index (χ3n) is 5.77. The minimum atomic E-state index is -0.682. The molecule has 0 aliphatic carbocycles. The van der Waals surface area contributed by atoms with Gasteiger partial charge in [0.25, 0.3) is 5.91 Å². The molecule has 31 heavy (non-hydrogen) atoms. The summed E-state index contributed by atoms with van der Waals surface area (Å²) in [5.41, 5.74) is 0.692. The van der Waals surface area contributed by atoms with Crippen molar-refractivity contribution >= 4 is 22.7 Å². The van der Waals surface area contributed by atoms with E-state index in [0.717, 1.165) is 5.39 Å². The Morgan fingerprint density at radius 3 is 2.52 bits per heavy atom. The van der Waals surface area contributed by atoms with Crippen molar-refractivity contribution in [3.8, 4) is 11.5 Å². The highest BCUT2D eigenvalue weighted by atomic mass is 19.1. The van der Waals surface area contributed by atoms with Gasteiger partial charge in [-0.1, -0.05) is 12.1 Å². The molecule has 1 atom stereocenters. The predicted molar refractivity (Wildman–Crippen MR) is 111 cm³/mol. The van der Waals surface area contributed by atoms with E-state index < -0.39 is 6.10 Å². The van der Waals surface area contributed by atoms with Crippen LogP contribution in [0.15, 0.2) is 54.7 Å². The molecule has 160 valence electrons. The first-order valence-corrected chi connectivity index (χ1v) is 10.3. The van der Waals surface area contributed by atoms with Gasteiger partial charge in [-0.25, -0.2) is 4.39 Å². The first-order valence-electron chi connectivity index (χ1n) is 10.3. The summed E-state index contributed by atoms with van der Waals surface area (Å²) in [6.07, 6.45) is 1.11. The van der Waals surface area contributed by atoms with E-state index in [4.69, 9.17) is 9.47 Å². The molecule has 0 N–H and O–H groups in total. The molecule has 8 heteroatoms. The van der Waals surface area contributed by atoms with Crippen molar-refractivity contribution in [2.24, 2.45) is 0 Å². The number of halogens is 1. The fraction of sp³-hybridized carbons (Fsp3) is 0.304. The molecule has 0 radical (unpaired) electrons. The number of aromatic nitrogens is 1. The van der Waals surface area contributed by atoms with E-state index in [1.54, 1.807) is 32.7 Å². The van der Waals surface area contributed by atoms with Crippen molar-refractivity contribution in [1.82, 2.24) is 14.4 Å². The summed E-state index contributed by atoms with van der Waals surface area (Å²) in [7, 11) is 0. The highest BCUT2D eigenvalue weighted by molar-refractivity contribution is 5.84. The van der Waals surface area contributed by atoms with Crippen LogP contribution in [-0.4, -0.2) is 65.1 Å². The van der Waals surface area contributed by atoms with Crippen LogP contribution in [-0.2, 0) is 16.1 Å². The van der Waals surface area contributed by atoms with Gasteiger partial charge < -0.3 is 23.8 Å². The zero-order valence-corrected chi connectivity index (χ0v) is 16.9. The van der Waals surface area contributed by atoms with Gasteiger partial charge in [-0.3, -0.25) is 9.59 Å². The first-order chi connectivity index (χ1) is 15.1. The van der Waals surface area contributed by atoms with Gasteiger partial charge in [-0.15, -0.1) is 0 Å². The number of rotatable bonds is 3. The number of nitrogens with zero attached hydrogens (tertiary/aromatic N) is 3. The van der Waals surface area contributed by atoms with Crippen LogP contribution in [0.4, 0.5) is 4.39 Å². The molecule has 5 rings (SSSR count). The molecule has 1 fully saturated rings. The number of piperazine rings is 1. The molecular weight excluding hydrogens is 401 g/mol. The molecule has 3 heterocycles. The Morgan fingerprint density at radius 2 is 1.71 bits per heavy atom. The van der Waals surface area contributed by atoms with Crippen LogP contribution in [0.25, 0.3) is 10.9 Å². The Hall–Kier alpha value is -3.55. The molecule has 0 spiro atoms. The molecule has 2 amide bonds. The van der Waals surface area contributed by atoms with E-state index in [1.807, 2.05) is 24.3 Å². The molecule has 3 aromatic rings. The number of fused-ring (bicyclic) bond motifs is 2. The summed E-state index contributed by atoms with van der Waals surface area (Å²) in [5.74, 6) is 0.688. The van der Waals surface area contributed by atoms with Crippen molar-refractivity contribution in [2.75, 3.05) is 32.8 Å². The van der Waals surface area contributed by atoms with Gasteiger partial charge in [0.15, 0.2) is 11.5 Å². The number of carbonyl (C=O) groups excluding carboxylic acids is 2. The zero-order valence-electron chi connectivity index (χ0n) is 16.9. The Morgan fingerprint density at radius 1 is 0.968 bits per heavy atom. The predicted octanol–water partition coefficient (Wildman–Crippen LogP) is 2.29. The molecule has 1 saturated heterocycles. The normalized spacial score (nSPS) is 18.3. The topological polar surface area (TPSA) is 64.0 Å². The average Bonchev–Trinajstić information content (AvgIpc) is 3.20. The molecular formula is C23H22FN3O4. The van der Waals surface area contributed by atoms with Crippen LogP contribution in [0.1, 0.15) is 0 Å². The second kappa shape index (κ2) is 7.94. The van der Waals surface area contributed by atoms with Crippen molar-refractivity contribution < 1.29 is 23.5 Å². The molecule has 0 bridgehead atoms.